The van der Waals surface area contributed by atoms with Crippen molar-refractivity contribution in [1.82, 2.24) is 4.31 Å². The molecule has 7 heteroatoms. The van der Waals surface area contributed by atoms with Crippen molar-refractivity contribution in [3.63, 3.8) is 0 Å². The topological polar surface area (TPSA) is 57.6 Å². The van der Waals surface area contributed by atoms with E-state index in [0.29, 0.717) is 0 Å². The Bertz CT molecular complexity index is 555. The molecule has 0 bridgehead atoms. The lowest BCUT2D eigenvalue weighted by Gasteiger charge is -2.27. The van der Waals surface area contributed by atoms with Crippen molar-refractivity contribution in [1.29, 1.82) is 0 Å². The molecule has 0 unspecified atom stereocenters. The van der Waals surface area contributed by atoms with Crippen LogP contribution in [-0.4, -0.2) is 36.5 Å². The van der Waals surface area contributed by atoms with E-state index >= 15 is 0 Å². The Kier molecular flexibility index (Phi) is 4.95. The lowest BCUT2D eigenvalue weighted by Crippen LogP contribution is -2.42. The Morgan fingerprint density at radius 2 is 2.00 bits per heavy atom. The Hall–Kier alpha value is -0.690. The standard InChI is InChI=1S/C12H17ClFNO3S/c1-4-15(8-12(2,3)16)19(17,18)10-7-5-6-9(13)11(10)14/h5-7,16H,4,8H2,1-3H3. The Morgan fingerprint density at radius 3 is 2.47 bits per heavy atom. The van der Waals surface area contributed by atoms with E-state index in [-0.39, 0.29) is 18.1 Å². The van der Waals surface area contributed by atoms with Gasteiger partial charge in [0.05, 0.1) is 10.6 Å². The number of aliphatic hydroxyl groups is 1. The van der Waals surface area contributed by atoms with Crippen molar-refractivity contribution in [2.45, 2.75) is 31.3 Å². The van der Waals surface area contributed by atoms with Crippen molar-refractivity contribution in [3.8, 4) is 0 Å². The third-order valence-electron chi connectivity index (χ3n) is 2.45. The number of benzene rings is 1. The molecule has 19 heavy (non-hydrogen) atoms. The van der Waals surface area contributed by atoms with E-state index in [1.165, 1.54) is 26.0 Å². The van der Waals surface area contributed by atoms with Crippen LogP contribution in [0.25, 0.3) is 0 Å². The molecule has 0 aromatic heterocycles. The van der Waals surface area contributed by atoms with Gasteiger partial charge < -0.3 is 5.11 Å². The first-order valence-corrected chi connectivity index (χ1v) is 7.58. The number of halogens is 2. The molecule has 0 amide bonds. The fourth-order valence-electron chi connectivity index (χ4n) is 1.62. The fourth-order valence-corrected chi connectivity index (χ4v) is 3.54. The van der Waals surface area contributed by atoms with E-state index in [1.54, 1.807) is 6.92 Å². The number of likely N-dealkylation sites (N-methyl/N-ethyl adjacent to an activating group) is 1. The Balaban J connectivity index is 3.25. The first-order chi connectivity index (χ1) is 8.59. The highest BCUT2D eigenvalue weighted by atomic mass is 35.5. The van der Waals surface area contributed by atoms with Crippen LogP contribution in [0.2, 0.25) is 5.02 Å². The highest BCUT2D eigenvalue weighted by molar-refractivity contribution is 7.89. The second-order valence-corrected chi connectivity index (χ2v) is 7.11. The minimum Gasteiger partial charge on any atom is -0.389 e. The molecule has 1 rings (SSSR count). The SMILES string of the molecule is CCN(CC(C)(C)O)S(=O)(=O)c1cccc(Cl)c1F. The van der Waals surface area contributed by atoms with Gasteiger partial charge >= 0.3 is 0 Å². The molecule has 0 saturated carbocycles. The largest absolute Gasteiger partial charge is 0.389 e. The molecule has 0 atom stereocenters. The maximum atomic E-state index is 13.8. The molecule has 0 aliphatic rings. The average Bonchev–Trinajstić information content (AvgIpc) is 2.28. The lowest BCUT2D eigenvalue weighted by atomic mass is 10.1. The third kappa shape index (κ3) is 3.89. The van der Waals surface area contributed by atoms with Crippen LogP contribution in [0.3, 0.4) is 0 Å². The normalized spacial score (nSPS) is 13.0. The second-order valence-electron chi connectivity index (χ2n) is 4.80. The lowest BCUT2D eigenvalue weighted by molar-refractivity contribution is 0.0601. The van der Waals surface area contributed by atoms with Crippen LogP contribution in [0.15, 0.2) is 23.1 Å². The summed E-state index contributed by atoms with van der Waals surface area (Å²) in [6.07, 6.45) is 0. The summed E-state index contributed by atoms with van der Waals surface area (Å²) < 4.78 is 39.5. The van der Waals surface area contributed by atoms with Gasteiger partial charge in [-0.1, -0.05) is 24.6 Å². The van der Waals surface area contributed by atoms with Crippen molar-refractivity contribution >= 4 is 21.6 Å². The summed E-state index contributed by atoms with van der Waals surface area (Å²) in [7, 11) is -4.02. The van der Waals surface area contributed by atoms with Gasteiger partial charge in [-0.2, -0.15) is 4.31 Å². The maximum absolute atomic E-state index is 13.8. The van der Waals surface area contributed by atoms with Gasteiger partial charge in [-0.25, -0.2) is 12.8 Å². The molecular formula is C12H17ClFNO3S. The predicted molar refractivity (Wildman–Crippen MR) is 72.1 cm³/mol. The van der Waals surface area contributed by atoms with Gasteiger partial charge in [0.25, 0.3) is 0 Å². The first-order valence-electron chi connectivity index (χ1n) is 5.76. The molecule has 4 nitrogen and oxygen atoms in total. The molecule has 0 spiro atoms. The van der Waals surface area contributed by atoms with E-state index in [0.717, 1.165) is 10.4 Å². The van der Waals surface area contributed by atoms with Gasteiger partial charge in [0.2, 0.25) is 10.0 Å². The molecule has 0 radical (unpaired) electrons. The molecule has 0 heterocycles. The zero-order valence-electron chi connectivity index (χ0n) is 11.0. The summed E-state index contributed by atoms with van der Waals surface area (Å²) in [4.78, 5) is -0.480. The van der Waals surface area contributed by atoms with Gasteiger partial charge in [0, 0.05) is 13.1 Å². The van der Waals surface area contributed by atoms with Crippen molar-refractivity contribution in [2.75, 3.05) is 13.1 Å². The highest BCUT2D eigenvalue weighted by Gasteiger charge is 2.31. The second kappa shape index (κ2) is 5.75. The number of sulfonamides is 1. The van der Waals surface area contributed by atoms with Gasteiger partial charge in [0.1, 0.15) is 4.90 Å². The molecule has 1 aromatic rings. The van der Waals surface area contributed by atoms with E-state index in [4.69, 9.17) is 11.6 Å². The van der Waals surface area contributed by atoms with Gasteiger partial charge in [0.15, 0.2) is 5.82 Å². The van der Waals surface area contributed by atoms with E-state index < -0.39 is 26.3 Å². The predicted octanol–water partition coefficient (Wildman–Crippen LogP) is 2.26. The molecule has 0 saturated heterocycles. The first kappa shape index (κ1) is 16.4. The summed E-state index contributed by atoms with van der Waals surface area (Å²) >= 11 is 5.59. The van der Waals surface area contributed by atoms with E-state index in [9.17, 15) is 17.9 Å². The van der Waals surface area contributed by atoms with Gasteiger partial charge in [-0.05, 0) is 26.0 Å². The molecule has 0 aliphatic carbocycles. The average molecular weight is 310 g/mol. The van der Waals surface area contributed by atoms with Crippen LogP contribution in [-0.2, 0) is 10.0 Å². The summed E-state index contributed by atoms with van der Waals surface area (Å²) in [5, 5.41) is 9.48. The summed E-state index contributed by atoms with van der Waals surface area (Å²) in [5.41, 5.74) is -1.21. The highest BCUT2D eigenvalue weighted by Crippen LogP contribution is 2.25. The van der Waals surface area contributed by atoms with Crippen LogP contribution < -0.4 is 0 Å². The molecule has 108 valence electrons. The number of nitrogens with zero attached hydrogens (tertiary/aromatic N) is 1. The molecule has 0 aliphatic heterocycles. The van der Waals surface area contributed by atoms with Crippen LogP contribution in [0.1, 0.15) is 20.8 Å². The Morgan fingerprint density at radius 1 is 1.42 bits per heavy atom. The summed E-state index contributed by atoms with van der Waals surface area (Å²) in [6.45, 7) is 4.58. The number of rotatable bonds is 5. The smallest absolute Gasteiger partial charge is 0.246 e. The van der Waals surface area contributed by atoms with E-state index in [2.05, 4.69) is 0 Å². The Labute approximate surface area is 117 Å². The maximum Gasteiger partial charge on any atom is 0.246 e. The van der Waals surface area contributed by atoms with Crippen LogP contribution in [0.4, 0.5) is 4.39 Å². The van der Waals surface area contributed by atoms with Crippen LogP contribution in [0, 0.1) is 5.82 Å². The zero-order valence-corrected chi connectivity index (χ0v) is 12.6. The van der Waals surface area contributed by atoms with Crippen molar-refractivity contribution < 1.29 is 17.9 Å². The molecule has 1 aromatic carbocycles. The molecule has 0 fully saturated rings. The third-order valence-corrected chi connectivity index (χ3v) is 4.68. The fraction of sp³-hybridized carbons (Fsp3) is 0.500. The summed E-state index contributed by atoms with van der Waals surface area (Å²) in [5.74, 6) is -0.974. The number of hydrogen-bond acceptors (Lipinski definition) is 3. The quantitative estimate of drug-likeness (QED) is 0.907. The van der Waals surface area contributed by atoms with Gasteiger partial charge in [-0.3, -0.25) is 0 Å². The molecular weight excluding hydrogens is 293 g/mol. The van der Waals surface area contributed by atoms with Gasteiger partial charge in [-0.15, -0.1) is 0 Å². The zero-order chi connectivity index (χ0) is 14.8. The number of hydrogen-bond donors (Lipinski definition) is 1. The minimum absolute atomic E-state index is 0.123. The van der Waals surface area contributed by atoms with Crippen LogP contribution in [0.5, 0.6) is 0 Å². The van der Waals surface area contributed by atoms with E-state index in [1.807, 2.05) is 0 Å². The van der Waals surface area contributed by atoms with Crippen molar-refractivity contribution in [3.05, 3.63) is 29.0 Å². The van der Waals surface area contributed by atoms with Crippen molar-refractivity contribution in [2.24, 2.45) is 0 Å². The molecule has 1 N–H and O–H groups in total. The summed E-state index contributed by atoms with van der Waals surface area (Å²) in [6, 6.07) is 3.81. The minimum atomic E-state index is -4.02. The monoisotopic (exact) mass is 309 g/mol. The van der Waals surface area contributed by atoms with Crippen LogP contribution >= 0.6 is 11.6 Å².